The number of amides is 1. The van der Waals surface area contributed by atoms with Crippen LogP contribution in [-0.4, -0.2) is 16.6 Å². The number of nitrogens with one attached hydrogen (secondary N) is 1. The maximum absolute atomic E-state index is 12.4. The van der Waals surface area contributed by atoms with Crippen LogP contribution in [0, 0.1) is 17.8 Å². The number of allylic oxidation sites excluding steroid dienone is 2. The molecule has 0 aromatic heterocycles. The van der Waals surface area contributed by atoms with Gasteiger partial charge >= 0.3 is 0 Å². The summed E-state index contributed by atoms with van der Waals surface area (Å²) in [5.74, 6) is 0.362. The van der Waals surface area contributed by atoms with Crippen LogP contribution in [0.2, 0.25) is 0 Å². The van der Waals surface area contributed by atoms with Crippen LogP contribution in [0.15, 0.2) is 28.4 Å². The predicted octanol–water partition coefficient (Wildman–Crippen LogP) is 3.65. The van der Waals surface area contributed by atoms with E-state index in [4.69, 9.17) is 11.6 Å². The van der Waals surface area contributed by atoms with Gasteiger partial charge < -0.3 is 5.32 Å². The maximum atomic E-state index is 12.4. The first-order valence-electron chi connectivity index (χ1n) is 7.21. The van der Waals surface area contributed by atoms with Crippen LogP contribution in [0.5, 0.6) is 0 Å². The second kappa shape index (κ2) is 5.36. The van der Waals surface area contributed by atoms with Gasteiger partial charge in [0.2, 0.25) is 5.91 Å². The molecule has 1 amide bonds. The molecule has 2 rings (SSSR count). The Morgan fingerprint density at radius 1 is 1.45 bits per heavy atom. The first kappa shape index (κ1) is 15.3. The zero-order valence-corrected chi connectivity index (χ0v) is 13.6. The summed E-state index contributed by atoms with van der Waals surface area (Å²) >= 11 is 6.17. The van der Waals surface area contributed by atoms with Gasteiger partial charge in [-0.3, -0.25) is 4.79 Å². The second-order valence-electron chi connectivity index (χ2n) is 6.61. The largest absolute Gasteiger partial charge is 0.347 e. The van der Waals surface area contributed by atoms with E-state index >= 15 is 0 Å². The van der Waals surface area contributed by atoms with Crippen molar-refractivity contribution in [3.05, 3.63) is 23.4 Å². The molecule has 4 heteroatoms. The predicted molar refractivity (Wildman–Crippen MR) is 83.8 cm³/mol. The number of rotatable bonds is 1. The van der Waals surface area contributed by atoms with E-state index in [9.17, 15) is 4.79 Å². The average molecular weight is 295 g/mol. The van der Waals surface area contributed by atoms with E-state index in [2.05, 4.69) is 37.2 Å². The van der Waals surface area contributed by atoms with Crippen LogP contribution in [0.3, 0.4) is 0 Å². The summed E-state index contributed by atoms with van der Waals surface area (Å²) in [5, 5.41) is 3.61. The van der Waals surface area contributed by atoms with Gasteiger partial charge in [-0.05, 0) is 43.8 Å². The molecule has 3 nitrogen and oxygen atoms in total. The first-order valence-corrected chi connectivity index (χ1v) is 7.59. The van der Waals surface area contributed by atoms with E-state index in [1.54, 1.807) is 0 Å². The fourth-order valence-corrected chi connectivity index (χ4v) is 3.50. The Hall–Kier alpha value is -1.09. The quantitative estimate of drug-likeness (QED) is 0.788. The molecule has 20 heavy (non-hydrogen) atoms. The third-order valence-corrected chi connectivity index (χ3v) is 4.30. The SMILES string of the molecule is CC1C/C=C\C(Cl)=NC2=C1C(C)(C)NC(=O)C2C(C)C. The molecule has 0 saturated heterocycles. The van der Waals surface area contributed by atoms with Gasteiger partial charge in [-0.15, -0.1) is 0 Å². The highest BCUT2D eigenvalue weighted by molar-refractivity contribution is 6.68. The van der Waals surface area contributed by atoms with Crippen molar-refractivity contribution in [2.75, 3.05) is 0 Å². The number of hydrogen-bond donors (Lipinski definition) is 1. The van der Waals surface area contributed by atoms with Gasteiger partial charge in [0, 0.05) is 0 Å². The summed E-state index contributed by atoms with van der Waals surface area (Å²) in [5.41, 5.74) is 1.71. The summed E-state index contributed by atoms with van der Waals surface area (Å²) in [4.78, 5) is 17.0. The zero-order valence-electron chi connectivity index (χ0n) is 12.8. The van der Waals surface area contributed by atoms with Gasteiger partial charge in [0.25, 0.3) is 0 Å². The van der Waals surface area contributed by atoms with Crippen LogP contribution in [0.4, 0.5) is 0 Å². The number of aliphatic imine (C=N–C) groups is 1. The van der Waals surface area contributed by atoms with Crippen molar-refractivity contribution in [2.45, 2.75) is 46.6 Å². The molecule has 2 unspecified atom stereocenters. The fourth-order valence-electron chi connectivity index (χ4n) is 3.32. The smallest absolute Gasteiger partial charge is 0.230 e. The van der Waals surface area contributed by atoms with Gasteiger partial charge in [-0.1, -0.05) is 38.4 Å². The van der Waals surface area contributed by atoms with Gasteiger partial charge in [0.15, 0.2) is 0 Å². The van der Waals surface area contributed by atoms with E-state index in [-0.39, 0.29) is 23.3 Å². The molecule has 2 aliphatic rings. The molecule has 2 heterocycles. The monoisotopic (exact) mass is 294 g/mol. The lowest BCUT2D eigenvalue weighted by atomic mass is 9.73. The van der Waals surface area contributed by atoms with E-state index in [1.807, 2.05) is 19.9 Å². The lowest BCUT2D eigenvalue weighted by Gasteiger charge is -2.42. The molecule has 110 valence electrons. The Bertz CT molecular complexity index is 515. The van der Waals surface area contributed by atoms with Crippen LogP contribution in [0.25, 0.3) is 0 Å². The lowest BCUT2D eigenvalue weighted by molar-refractivity contribution is -0.127. The Morgan fingerprint density at radius 2 is 2.10 bits per heavy atom. The Balaban J connectivity index is 2.69. The van der Waals surface area contributed by atoms with Crippen molar-refractivity contribution in [1.29, 1.82) is 0 Å². The Labute approximate surface area is 126 Å². The van der Waals surface area contributed by atoms with Crippen LogP contribution in [0.1, 0.15) is 41.0 Å². The minimum Gasteiger partial charge on any atom is -0.347 e. The Kier molecular flexibility index (Phi) is 4.10. The molecule has 0 aromatic carbocycles. The molecule has 2 atom stereocenters. The molecule has 0 aromatic rings. The minimum atomic E-state index is -0.372. The normalized spacial score (nSPS) is 31.1. The third kappa shape index (κ3) is 2.69. The van der Waals surface area contributed by atoms with Crippen molar-refractivity contribution in [3.8, 4) is 0 Å². The number of halogens is 1. The van der Waals surface area contributed by atoms with Gasteiger partial charge in [-0.25, -0.2) is 4.99 Å². The number of carbonyl (C=O) groups is 1. The molecule has 0 radical (unpaired) electrons. The molecule has 0 spiro atoms. The van der Waals surface area contributed by atoms with Crippen LogP contribution < -0.4 is 5.32 Å². The van der Waals surface area contributed by atoms with Crippen molar-refractivity contribution < 1.29 is 4.79 Å². The van der Waals surface area contributed by atoms with Gasteiger partial charge in [0.05, 0.1) is 17.2 Å². The van der Waals surface area contributed by atoms with E-state index in [1.165, 1.54) is 5.57 Å². The van der Waals surface area contributed by atoms with Gasteiger partial charge in [-0.2, -0.15) is 0 Å². The standard InChI is InChI=1S/C16H23ClN2O/c1-9(2)12-14-13(16(4,5)19-15(12)20)10(3)7-6-8-11(17)18-14/h6,8-10,12H,7H2,1-5H3,(H,19,20)/b8-6-,18-11?. The summed E-state index contributed by atoms with van der Waals surface area (Å²) in [6, 6.07) is 0. The van der Waals surface area contributed by atoms with Crippen LogP contribution >= 0.6 is 11.6 Å². The van der Waals surface area contributed by atoms with E-state index in [0.29, 0.717) is 11.1 Å². The summed E-state index contributed by atoms with van der Waals surface area (Å²) in [7, 11) is 0. The zero-order chi connectivity index (χ0) is 15.1. The van der Waals surface area contributed by atoms with E-state index < -0.39 is 0 Å². The Morgan fingerprint density at radius 3 is 2.70 bits per heavy atom. The number of nitrogens with zero attached hydrogens (tertiary/aromatic N) is 1. The third-order valence-electron chi connectivity index (χ3n) is 4.09. The van der Waals surface area contributed by atoms with Crippen molar-refractivity contribution in [3.63, 3.8) is 0 Å². The van der Waals surface area contributed by atoms with Crippen molar-refractivity contribution in [1.82, 2.24) is 5.32 Å². The van der Waals surface area contributed by atoms with Gasteiger partial charge in [0.1, 0.15) is 5.17 Å². The first-order chi connectivity index (χ1) is 9.24. The highest BCUT2D eigenvalue weighted by Crippen LogP contribution is 2.40. The van der Waals surface area contributed by atoms with E-state index in [0.717, 1.165) is 12.1 Å². The number of carbonyl (C=O) groups excluding carboxylic acids is 1. The highest BCUT2D eigenvalue weighted by Gasteiger charge is 2.43. The maximum Gasteiger partial charge on any atom is 0.230 e. The van der Waals surface area contributed by atoms with Crippen molar-refractivity contribution in [2.24, 2.45) is 22.7 Å². The minimum absolute atomic E-state index is 0.0497. The molecular formula is C16H23ClN2O. The second-order valence-corrected chi connectivity index (χ2v) is 7.00. The summed E-state index contributed by atoms with van der Waals surface area (Å²) < 4.78 is 0. The molecule has 2 aliphatic heterocycles. The molecule has 0 aliphatic carbocycles. The molecule has 0 saturated carbocycles. The van der Waals surface area contributed by atoms with Crippen molar-refractivity contribution >= 4 is 22.7 Å². The molecule has 0 bridgehead atoms. The highest BCUT2D eigenvalue weighted by atomic mass is 35.5. The summed E-state index contributed by atoms with van der Waals surface area (Å²) in [6.45, 7) is 10.4. The molecular weight excluding hydrogens is 272 g/mol. The summed E-state index contributed by atoms with van der Waals surface area (Å²) in [6.07, 6.45) is 4.80. The molecule has 1 N–H and O–H groups in total. The van der Waals surface area contributed by atoms with Crippen LogP contribution in [-0.2, 0) is 4.79 Å². The fraction of sp³-hybridized carbons (Fsp3) is 0.625. The lowest BCUT2D eigenvalue weighted by Crippen LogP contribution is -2.54. The topological polar surface area (TPSA) is 41.5 Å². The number of hydrogen-bond acceptors (Lipinski definition) is 2. The molecule has 0 fully saturated rings. The average Bonchev–Trinajstić information content (AvgIpc) is 2.23.